The van der Waals surface area contributed by atoms with E-state index in [9.17, 15) is 26.7 Å². The fraction of sp³-hybridized carbons (Fsp3) is 0.250. The van der Waals surface area contributed by atoms with E-state index in [0.717, 1.165) is 17.7 Å². The molecule has 0 saturated carbocycles. The lowest BCUT2D eigenvalue weighted by Crippen LogP contribution is -2.36. The molecule has 1 atom stereocenters. The monoisotopic (exact) mass is 434 g/mol. The van der Waals surface area contributed by atoms with Crippen LogP contribution in [0.25, 0.3) is 0 Å². The van der Waals surface area contributed by atoms with E-state index in [0.29, 0.717) is 12.0 Å². The Labute approximate surface area is 150 Å². The lowest BCUT2D eigenvalue weighted by molar-refractivity contribution is -0.139. The molecule has 0 heterocycles. The molecule has 25 heavy (non-hydrogen) atoms. The second kappa shape index (κ2) is 6.30. The Morgan fingerprint density at radius 2 is 1.72 bits per heavy atom. The van der Waals surface area contributed by atoms with Gasteiger partial charge in [0.15, 0.2) is 5.75 Å². The van der Waals surface area contributed by atoms with Crippen molar-refractivity contribution in [2.45, 2.75) is 30.0 Å². The minimum absolute atomic E-state index is 0.134. The van der Waals surface area contributed by atoms with E-state index in [4.69, 9.17) is 0 Å². The van der Waals surface area contributed by atoms with Gasteiger partial charge in [-0.3, -0.25) is 5.11 Å². The number of rotatable bonds is 3. The summed E-state index contributed by atoms with van der Waals surface area (Å²) < 4.78 is 67.0. The third-order valence-corrected chi connectivity index (χ3v) is 6.04. The Hall–Kier alpha value is -1.58. The van der Waals surface area contributed by atoms with Crippen LogP contribution in [0.4, 0.5) is 13.2 Å². The van der Waals surface area contributed by atoms with E-state index in [1.54, 1.807) is 6.07 Å². The highest BCUT2D eigenvalue weighted by atomic mass is 79.9. The largest absolute Gasteiger partial charge is 0.417 e. The van der Waals surface area contributed by atoms with Crippen LogP contribution >= 0.6 is 15.9 Å². The number of sulfonamides is 1. The number of halogens is 4. The van der Waals surface area contributed by atoms with Gasteiger partial charge in [-0.05, 0) is 54.3 Å². The number of hydrogen-bond acceptors (Lipinski definition) is 2. The predicted octanol–water partition coefficient (Wildman–Crippen LogP) is 4.06. The normalized spacial score (nSPS) is 17.5. The van der Waals surface area contributed by atoms with E-state index in [1.165, 1.54) is 18.2 Å². The zero-order chi connectivity index (χ0) is 18.4. The maximum absolute atomic E-state index is 13.2. The van der Waals surface area contributed by atoms with Gasteiger partial charge in [-0.2, -0.15) is 13.2 Å². The zero-order valence-corrected chi connectivity index (χ0v) is 15.0. The summed E-state index contributed by atoms with van der Waals surface area (Å²) in [7, 11) is -4.37. The van der Waals surface area contributed by atoms with Gasteiger partial charge in [0.1, 0.15) is 0 Å². The molecule has 0 aliphatic heterocycles. The highest BCUT2D eigenvalue weighted by Crippen LogP contribution is 2.36. The molecule has 2 aromatic rings. The van der Waals surface area contributed by atoms with Crippen molar-refractivity contribution in [3.8, 4) is 5.75 Å². The average Bonchev–Trinajstić information content (AvgIpc) is 2.86. The average molecular weight is 435 g/mol. The molecule has 9 heteroatoms. The van der Waals surface area contributed by atoms with Gasteiger partial charge in [0.05, 0.1) is 10.5 Å². The molecular weight excluding hydrogens is 423 g/mol. The van der Waals surface area contributed by atoms with Crippen molar-refractivity contribution < 1.29 is 26.7 Å². The molecule has 0 saturated heterocycles. The van der Waals surface area contributed by atoms with Gasteiger partial charge < -0.3 is 0 Å². The molecule has 3 rings (SSSR count). The van der Waals surface area contributed by atoms with Crippen molar-refractivity contribution in [1.82, 2.24) is 4.72 Å². The maximum Gasteiger partial charge on any atom is 0.417 e. The van der Waals surface area contributed by atoms with Crippen LogP contribution in [-0.4, -0.2) is 14.5 Å². The van der Waals surface area contributed by atoms with Gasteiger partial charge in [0.2, 0.25) is 10.0 Å². The number of fused-ring (bicyclic) bond motifs is 1. The van der Waals surface area contributed by atoms with Crippen LogP contribution < -0.4 is 4.72 Å². The van der Waals surface area contributed by atoms with E-state index < -0.39 is 32.7 Å². The summed E-state index contributed by atoms with van der Waals surface area (Å²) in [6.07, 6.45) is -4.21. The SMILES string of the molecule is [O]c1ccc2c(c1)CC(NS(=O)(=O)c1ccc(Br)cc1C(F)(F)F)C2. The number of alkyl halides is 3. The molecule has 0 fully saturated rings. The zero-order valence-electron chi connectivity index (χ0n) is 12.6. The molecule has 1 aliphatic rings. The van der Waals surface area contributed by atoms with Gasteiger partial charge in [-0.15, -0.1) is 0 Å². The third kappa shape index (κ3) is 3.83. The van der Waals surface area contributed by atoms with E-state index in [1.807, 2.05) is 0 Å². The summed E-state index contributed by atoms with van der Waals surface area (Å²) in [6, 6.07) is 6.74. The Balaban J connectivity index is 1.89. The first-order valence-electron chi connectivity index (χ1n) is 7.24. The molecule has 1 unspecified atom stereocenters. The highest BCUT2D eigenvalue weighted by molar-refractivity contribution is 9.10. The number of hydrogen-bond donors (Lipinski definition) is 1. The van der Waals surface area contributed by atoms with Crippen LogP contribution in [-0.2, 0) is 34.1 Å². The van der Waals surface area contributed by atoms with Crippen molar-refractivity contribution in [1.29, 1.82) is 0 Å². The second-order valence-corrected chi connectivity index (χ2v) is 8.39. The summed E-state index contributed by atoms with van der Waals surface area (Å²) in [5, 5.41) is 11.4. The van der Waals surface area contributed by atoms with E-state index in [-0.39, 0.29) is 16.6 Å². The van der Waals surface area contributed by atoms with Crippen molar-refractivity contribution in [3.63, 3.8) is 0 Å². The number of benzene rings is 2. The van der Waals surface area contributed by atoms with Crippen molar-refractivity contribution in [3.05, 3.63) is 57.6 Å². The second-order valence-electron chi connectivity index (χ2n) is 5.80. The molecule has 0 bridgehead atoms. The molecule has 4 nitrogen and oxygen atoms in total. The van der Waals surface area contributed by atoms with Gasteiger partial charge in [-0.25, -0.2) is 13.1 Å². The first-order chi connectivity index (χ1) is 11.6. The first kappa shape index (κ1) is 18.2. The topological polar surface area (TPSA) is 66.1 Å². The van der Waals surface area contributed by atoms with Crippen molar-refractivity contribution in [2.24, 2.45) is 0 Å². The maximum atomic E-state index is 13.2. The summed E-state index contributed by atoms with van der Waals surface area (Å²) in [5.74, 6) is -0.186. The Bertz CT molecular complexity index is 929. The fourth-order valence-electron chi connectivity index (χ4n) is 2.92. The minimum atomic E-state index is -4.80. The van der Waals surface area contributed by atoms with Crippen LogP contribution in [0.5, 0.6) is 5.75 Å². The summed E-state index contributed by atoms with van der Waals surface area (Å²) in [4.78, 5) is -0.816. The molecular formula is C16H12BrF3NO3S. The highest BCUT2D eigenvalue weighted by Gasteiger charge is 2.38. The van der Waals surface area contributed by atoms with Crippen LogP contribution in [0.1, 0.15) is 16.7 Å². The molecule has 0 amide bonds. The summed E-state index contributed by atoms with van der Waals surface area (Å²) in [5.41, 5.74) is 0.304. The molecule has 1 radical (unpaired) electrons. The summed E-state index contributed by atoms with van der Waals surface area (Å²) in [6.45, 7) is 0. The van der Waals surface area contributed by atoms with Gasteiger partial charge >= 0.3 is 6.18 Å². The lowest BCUT2D eigenvalue weighted by atomic mass is 10.1. The predicted molar refractivity (Wildman–Crippen MR) is 87.2 cm³/mol. The van der Waals surface area contributed by atoms with E-state index >= 15 is 0 Å². The summed E-state index contributed by atoms with van der Waals surface area (Å²) >= 11 is 2.93. The van der Waals surface area contributed by atoms with Gasteiger partial charge in [0.25, 0.3) is 0 Å². The molecule has 1 aliphatic carbocycles. The smallest absolute Gasteiger partial charge is 0.290 e. The Morgan fingerprint density at radius 1 is 1.04 bits per heavy atom. The van der Waals surface area contributed by atoms with Crippen LogP contribution in [0, 0.1) is 0 Å². The van der Waals surface area contributed by atoms with Gasteiger partial charge in [0, 0.05) is 10.5 Å². The fourth-order valence-corrected chi connectivity index (χ4v) is 4.72. The van der Waals surface area contributed by atoms with Crippen LogP contribution in [0.15, 0.2) is 45.8 Å². The minimum Gasteiger partial charge on any atom is -0.290 e. The van der Waals surface area contributed by atoms with Crippen LogP contribution in [0.3, 0.4) is 0 Å². The van der Waals surface area contributed by atoms with Crippen LogP contribution in [0.2, 0.25) is 0 Å². The van der Waals surface area contributed by atoms with Gasteiger partial charge in [-0.1, -0.05) is 22.0 Å². The molecule has 0 spiro atoms. The Morgan fingerprint density at radius 3 is 2.40 bits per heavy atom. The number of nitrogens with one attached hydrogen (secondary N) is 1. The first-order valence-corrected chi connectivity index (χ1v) is 9.52. The molecule has 133 valence electrons. The van der Waals surface area contributed by atoms with Crippen molar-refractivity contribution in [2.75, 3.05) is 0 Å². The molecule has 1 N–H and O–H groups in total. The quantitative estimate of drug-likeness (QED) is 0.791. The lowest BCUT2D eigenvalue weighted by Gasteiger charge is -2.17. The van der Waals surface area contributed by atoms with Crippen molar-refractivity contribution >= 4 is 26.0 Å². The Kier molecular flexibility index (Phi) is 4.59. The molecule has 0 aromatic heterocycles. The third-order valence-electron chi connectivity index (χ3n) is 3.97. The molecule has 2 aromatic carbocycles. The standard InChI is InChI=1S/C16H12BrF3NO3S/c17-11-2-4-15(14(8-11)16(18,19)20)25(23,24)21-12-5-9-1-3-13(22)7-10(9)6-12/h1-4,7-8,12,21H,5-6H2. The van der Waals surface area contributed by atoms with E-state index in [2.05, 4.69) is 20.7 Å².